The molecule has 5 heteroatoms. The molecule has 1 aliphatic heterocycles. The number of nitrogens with zero attached hydrogens (tertiary/aromatic N) is 1. The van der Waals surface area contributed by atoms with Crippen molar-refractivity contribution in [2.24, 2.45) is 4.99 Å². The van der Waals surface area contributed by atoms with Crippen LogP contribution in [0.25, 0.3) is 0 Å². The van der Waals surface area contributed by atoms with Crippen LogP contribution in [-0.4, -0.2) is 38.9 Å². The number of hydrogen-bond donors (Lipinski definition) is 0. The molecule has 0 atom stereocenters. The first-order valence-electron chi connectivity index (χ1n) is 10.2. The van der Waals surface area contributed by atoms with Gasteiger partial charge in [-0.05, 0) is 54.8 Å². The van der Waals surface area contributed by atoms with Crippen LogP contribution in [-0.2, 0) is 6.42 Å². The molecule has 0 N–H and O–H groups in total. The number of methoxy groups -OCH3 is 2. The molecule has 5 nitrogen and oxygen atoms in total. The third-order valence-electron chi connectivity index (χ3n) is 5.11. The number of rotatable bonds is 10. The smallest absolute Gasteiger partial charge is 0.211 e. The molecule has 0 aromatic heterocycles. The number of carbonyl (C=O) groups is 1. The SMILES string of the molecule is CCCCCCOc1ccc(C(=O)C2=NCCc3cc(OC)c(OC)cc32)cc1. The van der Waals surface area contributed by atoms with Gasteiger partial charge in [-0.2, -0.15) is 0 Å². The monoisotopic (exact) mass is 395 g/mol. The fraction of sp³-hybridized carbons (Fsp3) is 0.417. The van der Waals surface area contributed by atoms with Crippen molar-refractivity contribution in [3.63, 3.8) is 0 Å². The Hall–Kier alpha value is -2.82. The fourth-order valence-electron chi connectivity index (χ4n) is 3.47. The molecule has 0 saturated heterocycles. The summed E-state index contributed by atoms with van der Waals surface area (Å²) in [5.41, 5.74) is 2.94. The van der Waals surface area contributed by atoms with Gasteiger partial charge in [0.2, 0.25) is 5.78 Å². The highest BCUT2D eigenvalue weighted by atomic mass is 16.5. The normalized spacial score (nSPS) is 12.7. The first-order valence-corrected chi connectivity index (χ1v) is 10.2. The topological polar surface area (TPSA) is 57.1 Å². The predicted molar refractivity (Wildman–Crippen MR) is 115 cm³/mol. The number of hydrogen-bond acceptors (Lipinski definition) is 5. The zero-order valence-corrected chi connectivity index (χ0v) is 17.5. The number of carbonyl (C=O) groups excluding carboxylic acids is 1. The van der Waals surface area contributed by atoms with Gasteiger partial charge in [0.25, 0.3) is 0 Å². The van der Waals surface area contributed by atoms with E-state index in [1.807, 2.05) is 24.3 Å². The van der Waals surface area contributed by atoms with Crippen molar-refractivity contribution < 1.29 is 19.0 Å². The first kappa shape index (κ1) is 20.9. The molecule has 0 bridgehead atoms. The number of benzene rings is 2. The van der Waals surface area contributed by atoms with E-state index < -0.39 is 0 Å². The molecule has 0 amide bonds. The number of unbranched alkanes of at least 4 members (excludes halogenated alkanes) is 3. The zero-order valence-electron chi connectivity index (χ0n) is 17.5. The van der Waals surface area contributed by atoms with Gasteiger partial charge in [0, 0.05) is 17.7 Å². The number of Topliss-reactive ketones (excluding diaryl/α,β-unsaturated/α-hetero) is 1. The summed E-state index contributed by atoms with van der Waals surface area (Å²) in [7, 11) is 3.20. The lowest BCUT2D eigenvalue weighted by Gasteiger charge is -2.19. The van der Waals surface area contributed by atoms with Gasteiger partial charge in [-0.1, -0.05) is 26.2 Å². The van der Waals surface area contributed by atoms with Gasteiger partial charge in [0.1, 0.15) is 11.5 Å². The van der Waals surface area contributed by atoms with Crippen LogP contribution in [0.2, 0.25) is 0 Å². The molecular weight excluding hydrogens is 366 g/mol. The number of fused-ring (bicyclic) bond motifs is 1. The van der Waals surface area contributed by atoms with E-state index in [0.717, 1.165) is 29.7 Å². The summed E-state index contributed by atoms with van der Waals surface area (Å²) in [4.78, 5) is 17.6. The van der Waals surface area contributed by atoms with Gasteiger partial charge in [-0.15, -0.1) is 0 Å². The first-order chi connectivity index (χ1) is 14.2. The van der Waals surface area contributed by atoms with E-state index >= 15 is 0 Å². The highest BCUT2D eigenvalue weighted by Crippen LogP contribution is 2.33. The maximum atomic E-state index is 13.1. The molecule has 0 spiro atoms. The van der Waals surface area contributed by atoms with Crippen LogP contribution < -0.4 is 14.2 Å². The van der Waals surface area contributed by atoms with Crippen molar-refractivity contribution in [3.05, 3.63) is 53.1 Å². The Morgan fingerprint density at radius 3 is 2.41 bits per heavy atom. The van der Waals surface area contributed by atoms with Gasteiger partial charge in [-0.25, -0.2) is 0 Å². The summed E-state index contributed by atoms with van der Waals surface area (Å²) in [6.45, 7) is 3.48. The van der Waals surface area contributed by atoms with Crippen LogP contribution in [0.4, 0.5) is 0 Å². The van der Waals surface area contributed by atoms with E-state index in [2.05, 4.69) is 11.9 Å². The third kappa shape index (κ3) is 4.97. The molecular formula is C24H29NO4. The molecule has 2 aromatic carbocycles. The van der Waals surface area contributed by atoms with E-state index in [0.29, 0.717) is 35.9 Å². The van der Waals surface area contributed by atoms with Gasteiger partial charge in [0.05, 0.1) is 20.8 Å². The Morgan fingerprint density at radius 1 is 1.00 bits per heavy atom. The molecule has 0 saturated carbocycles. The lowest BCUT2D eigenvalue weighted by Crippen LogP contribution is -2.22. The maximum Gasteiger partial charge on any atom is 0.211 e. The Balaban J connectivity index is 1.73. The minimum Gasteiger partial charge on any atom is -0.494 e. The molecule has 154 valence electrons. The highest BCUT2D eigenvalue weighted by Gasteiger charge is 2.24. The standard InChI is InChI=1S/C24H29NO4/c1-4-5-6-7-14-29-19-10-8-17(9-11-19)24(26)23-20-16-22(28-3)21(27-2)15-18(20)12-13-25-23/h8-11,15-16H,4-7,12-14H2,1-3H3. The number of ketones is 1. The molecule has 1 aliphatic rings. The van der Waals surface area contributed by atoms with Crippen LogP contribution in [0, 0.1) is 0 Å². The number of ether oxygens (including phenoxy) is 3. The summed E-state index contributed by atoms with van der Waals surface area (Å²) in [5, 5.41) is 0. The van der Waals surface area contributed by atoms with Gasteiger partial charge < -0.3 is 14.2 Å². The van der Waals surface area contributed by atoms with Crippen molar-refractivity contribution in [1.29, 1.82) is 0 Å². The summed E-state index contributed by atoms with van der Waals surface area (Å²) in [5.74, 6) is 1.96. The number of aliphatic imine (C=N–C) groups is 1. The van der Waals surface area contributed by atoms with Crippen LogP contribution in [0.5, 0.6) is 17.2 Å². The van der Waals surface area contributed by atoms with Crippen molar-refractivity contribution in [1.82, 2.24) is 0 Å². The second-order valence-corrected chi connectivity index (χ2v) is 7.11. The summed E-state index contributed by atoms with van der Waals surface area (Å²) in [6.07, 6.45) is 5.45. The average Bonchev–Trinajstić information content (AvgIpc) is 2.77. The molecule has 0 aliphatic carbocycles. The Morgan fingerprint density at radius 2 is 1.72 bits per heavy atom. The summed E-state index contributed by atoms with van der Waals surface area (Å²) >= 11 is 0. The van der Waals surface area contributed by atoms with Crippen LogP contribution >= 0.6 is 0 Å². The molecule has 1 heterocycles. The fourth-order valence-corrected chi connectivity index (χ4v) is 3.47. The lowest BCUT2D eigenvalue weighted by molar-refractivity contribution is 0.106. The quantitative estimate of drug-likeness (QED) is 0.424. The molecule has 0 radical (unpaired) electrons. The molecule has 29 heavy (non-hydrogen) atoms. The molecule has 0 unspecified atom stereocenters. The largest absolute Gasteiger partial charge is 0.494 e. The van der Waals surface area contributed by atoms with Crippen LogP contribution in [0.1, 0.15) is 54.1 Å². The maximum absolute atomic E-state index is 13.1. The summed E-state index contributed by atoms with van der Waals surface area (Å²) in [6, 6.07) is 11.1. The molecule has 2 aromatic rings. The van der Waals surface area contributed by atoms with E-state index in [1.54, 1.807) is 26.4 Å². The lowest BCUT2D eigenvalue weighted by atomic mass is 9.92. The third-order valence-corrected chi connectivity index (χ3v) is 5.11. The average molecular weight is 395 g/mol. The zero-order chi connectivity index (χ0) is 20.6. The minimum atomic E-state index is -0.0901. The van der Waals surface area contributed by atoms with E-state index in [9.17, 15) is 4.79 Å². The van der Waals surface area contributed by atoms with Gasteiger partial charge in [0.15, 0.2) is 11.5 Å². The second-order valence-electron chi connectivity index (χ2n) is 7.11. The van der Waals surface area contributed by atoms with E-state index in [4.69, 9.17) is 14.2 Å². The van der Waals surface area contributed by atoms with Crippen molar-refractivity contribution >= 4 is 11.5 Å². The second kappa shape index (κ2) is 10.1. The van der Waals surface area contributed by atoms with Crippen molar-refractivity contribution in [3.8, 4) is 17.2 Å². The van der Waals surface area contributed by atoms with Gasteiger partial charge in [-0.3, -0.25) is 9.79 Å². The van der Waals surface area contributed by atoms with Crippen molar-refractivity contribution in [2.45, 2.75) is 39.0 Å². The summed E-state index contributed by atoms with van der Waals surface area (Å²) < 4.78 is 16.6. The Bertz CT molecular complexity index is 871. The molecule has 0 fully saturated rings. The van der Waals surface area contributed by atoms with E-state index in [-0.39, 0.29) is 5.78 Å². The molecule has 3 rings (SSSR count). The van der Waals surface area contributed by atoms with E-state index in [1.165, 1.54) is 19.3 Å². The predicted octanol–water partition coefficient (Wildman–Crippen LogP) is 4.89. The minimum absolute atomic E-state index is 0.0901. The Kier molecular flexibility index (Phi) is 7.28. The van der Waals surface area contributed by atoms with Crippen molar-refractivity contribution in [2.75, 3.05) is 27.4 Å². The van der Waals surface area contributed by atoms with Crippen LogP contribution in [0.3, 0.4) is 0 Å². The van der Waals surface area contributed by atoms with Gasteiger partial charge >= 0.3 is 0 Å². The van der Waals surface area contributed by atoms with Crippen LogP contribution in [0.15, 0.2) is 41.4 Å². The highest BCUT2D eigenvalue weighted by molar-refractivity contribution is 6.52. The Labute approximate surface area is 172 Å².